The fourth-order valence-electron chi connectivity index (χ4n) is 9.85. The molecule has 0 saturated carbocycles. The first-order chi connectivity index (χ1) is 36.8. The summed E-state index contributed by atoms with van der Waals surface area (Å²) in [6.45, 7) is -2.35. The number of furan rings is 1. The topological polar surface area (TPSA) is 64.7 Å². The third-order valence-corrected chi connectivity index (χ3v) is 13.6. The van der Waals surface area contributed by atoms with E-state index in [0.717, 1.165) is 109 Å². The highest BCUT2D eigenvalue weighted by Crippen LogP contribution is 2.42. The summed E-state index contributed by atoms with van der Waals surface area (Å²) < 4.78 is 29.8. The molecule has 0 fully saturated rings. The van der Waals surface area contributed by atoms with Crippen molar-refractivity contribution in [3.63, 3.8) is 0 Å². The van der Waals surface area contributed by atoms with Crippen molar-refractivity contribution in [3.8, 4) is 78.3 Å². The maximum Gasteiger partial charge on any atom is 0.230 e. The predicted molar refractivity (Wildman–Crippen MR) is 295 cm³/mol. The molecule has 344 valence electrons. The van der Waals surface area contributed by atoms with Gasteiger partial charge >= 0.3 is 0 Å². The second-order valence-corrected chi connectivity index (χ2v) is 18.3. The SMILES string of the molecule is [2H]C([2H])([2H])c1ccc2c(n1)oc1nc(-c3ccc(-c4ccccc4-c4cc(CCc5ccc(-c6ccccn6)cc5)cc(CCc5ccc(-c6ccccn6)cc5)c4)c(-c4ccc(-c5ccccc5)cc4)c3)ccc12. The van der Waals surface area contributed by atoms with E-state index in [9.17, 15) is 0 Å². The lowest BCUT2D eigenvalue weighted by molar-refractivity contribution is 0.639. The van der Waals surface area contributed by atoms with Gasteiger partial charge in [0.1, 0.15) is 0 Å². The minimum Gasteiger partial charge on any atom is -0.419 e. The van der Waals surface area contributed by atoms with E-state index in [1.807, 2.05) is 67.0 Å². The smallest absolute Gasteiger partial charge is 0.230 e. The molecule has 5 heterocycles. The molecule has 0 aliphatic rings. The Kier molecular flexibility index (Phi) is 11.2. The van der Waals surface area contributed by atoms with Crippen LogP contribution in [0, 0.1) is 6.85 Å². The Morgan fingerprint density at radius 3 is 1.47 bits per heavy atom. The molecule has 0 amide bonds. The summed E-state index contributed by atoms with van der Waals surface area (Å²) in [5.74, 6) is 0. The Morgan fingerprint density at radius 2 is 0.847 bits per heavy atom. The molecular formula is C67H50N4O. The molecule has 0 bridgehead atoms. The van der Waals surface area contributed by atoms with Gasteiger partial charge in [0.05, 0.1) is 17.1 Å². The molecule has 7 aromatic carbocycles. The highest BCUT2D eigenvalue weighted by molar-refractivity contribution is 6.03. The average molecular weight is 930 g/mol. The molecule has 12 rings (SSSR count). The normalized spacial score (nSPS) is 12.1. The number of aryl methyl sites for hydroxylation is 5. The van der Waals surface area contributed by atoms with Crippen LogP contribution in [0.4, 0.5) is 0 Å². The van der Waals surface area contributed by atoms with Crippen molar-refractivity contribution in [1.82, 2.24) is 19.9 Å². The summed E-state index contributed by atoms with van der Waals surface area (Å²) in [6, 6.07) is 78.7. The molecule has 0 aliphatic carbocycles. The van der Waals surface area contributed by atoms with Gasteiger partial charge in [-0.05, 0) is 154 Å². The summed E-state index contributed by atoms with van der Waals surface area (Å²) in [6.07, 6.45) is 7.26. The third-order valence-electron chi connectivity index (χ3n) is 13.6. The molecule has 0 radical (unpaired) electrons. The highest BCUT2D eigenvalue weighted by Gasteiger charge is 2.18. The molecule has 5 nitrogen and oxygen atoms in total. The van der Waals surface area contributed by atoms with Gasteiger partial charge in [-0.25, -0.2) is 9.97 Å². The fourth-order valence-corrected chi connectivity index (χ4v) is 9.85. The zero-order chi connectivity index (χ0) is 50.7. The Morgan fingerprint density at radius 1 is 0.333 bits per heavy atom. The van der Waals surface area contributed by atoms with Crippen LogP contribution in [-0.4, -0.2) is 19.9 Å². The van der Waals surface area contributed by atoms with E-state index in [0.29, 0.717) is 5.71 Å². The first kappa shape index (κ1) is 40.8. The quantitative estimate of drug-likeness (QED) is 0.115. The second kappa shape index (κ2) is 19.7. The molecule has 5 aromatic heterocycles. The molecular weight excluding hydrogens is 877 g/mol. The monoisotopic (exact) mass is 929 g/mol. The van der Waals surface area contributed by atoms with Gasteiger partial charge < -0.3 is 4.42 Å². The number of pyridine rings is 4. The Balaban J connectivity index is 0.925. The second-order valence-electron chi connectivity index (χ2n) is 18.3. The molecule has 0 N–H and O–H groups in total. The molecule has 5 heteroatoms. The van der Waals surface area contributed by atoms with Crippen LogP contribution in [-0.2, 0) is 25.7 Å². The van der Waals surface area contributed by atoms with Gasteiger partial charge in [-0.2, -0.15) is 0 Å². The van der Waals surface area contributed by atoms with Crippen LogP contribution in [0.3, 0.4) is 0 Å². The molecule has 0 atom stereocenters. The maximum absolute atomic E-state index is 7.89. The molecule has 72 heavy (non-hydrogen) atoms. The van der Waals surface area contributed by atoms with E-state index >= 15 is 0 Å². The van der Waals surface area contributed by atoms with E-state index in [2.05, 4.69) is 173 Å². The predicted octanol–water partition coefficient (Wildman–Crippen LogP) is 16.7. The number of aromatic nitrogens is 4. The Labute approximate surface area is 424 Å². The summed E-state index contributed by atoms with van der Waals surface area (Å²) in [4.78, 5) is 18.5. The minimum atomic E-state index is -2.35. The average Bonchev–Trinajstić information content (AvgIpc) is 3.86. The van der Waals surface area contributed by atoms with Crippen molar-refractivity contribution in [3.05, 3.63) is 265 Å². The zero-order valence-corrected chi connectivity index (χ0v) is 39.5. The van der Waals surface area contributed by atoms with E-state index < -0.39 is 6.85 Å². The number of benzene rings is 7. The maximum atomic E-state index is 7.89. The van der Waals surface area contributed by atoms with Gasteiger partial charge in [0, 0.05) is 49.7 Å². The molecule has 0 spiro atoms. The van der Waals surface area contributed by atoms with Crippen LogP contribution < -0.4 is 0 Å². The van der Waals surface area contributed by atoms with E-state index in [1.165, 1.54) is 33.9 Å². The Hall–Kier alpha value is -9.06. The number of fused-ring (bicyclic) bond motifs is 3. The van der Waals surface area contributed by atoms with Crippen LogP contribution in [0.5, 0.6) is 0 Å². The van der Waals surface area contributed by atoms with Crippen molar-refractivity contribution in [1.29, 1.82) is 0 Å². The van der Waals surface area contributed by atoms with Crippen molar-refractivity contribution < 1.29 is 8.53 Å². The van der Waals surface area contributed by atoms with Crippen molar-refractivity contribution in [2.24, 2.45) is 0 Å². The highest BCUT2D eigenvalue weighted by atomic mass is 16.3. The van der Waals surface area contributed by atoms with Crippen LogP contribution >= 0.6 is 0 Å². The van der Waals surface area contributed by atoms with E-state index in [-0.39, 0.29) is 11.4 Å². The first-order valence-electron chi connectivity index (χ1n) is 26.0. The minimum absolute atomic E-state index is 0.0118. The van der Waals surface area contributed by atoms with Crippen LogP contribution in [0.15, 0.2) is 241 Å². The van der Waals surface area contributed by atoms with Crippen molar-refractivity contribution in [2.75, 3.05) is 0 Å². The van der Waals surface area contributed by atoms with Gasteiger partial charge in [-0.1, -0.05) is 170 Å². The summed E-state index contributed by atoms with van der Waals surface area (Å²) >= 11 is 0. The lowest BCUT2D eigenvalue weighted by Gasteiger charge is -2.18. The largest absolute Gasteiger partial charge is 0.419 e. The molecule has 0 saturated heterocycles. The lowest BCUT2D eigenvalue weighted by Crippen LogP contribution is -1.98. The van der Waals surface area contributed by atoms with Crippen LogP contribution in [0.2, 0.25) is 0 Å². The van der Waals surface area contributed by atoms with E-state index in [1.54, 1.807) is 6.07 Å². The lowest BCUT2D eigenvalue weighted by atomic mass is 9.86. The van der Waals surface area contributed by atoms with Crippen molar-refractivity contribution >= 4 is 22.2 Å². The zero-order valence-electron chi connectivity index (χ0n) is 42.5. The summed E-state index contributed by atoms with van der Waals surface area (Å²) in [7, 11) is 0. The van der Waals surface area contributed by atoms with Gasteiger partial charge in [-0.3, -0.25) is 9.97 Å². The van der Waals surface area contributed by atoms with Crippen LogP contribution in [0.25, 0.3) is 100 Å². The van der Waals surface area contributed by atoms with E-state index in [4.69, 9.17) is 13.5 Å². The van der Waals surface area contributed by atoms with Gasteiger partial charge in [0.2, 0.25) is 11.4 Å². The number of nitrogens with zero attached hydrogens (tertiary/aromatic N) is 4. The standard InChI is InChI=1S/C67H50N4O/c1-45-17-35-60-61-37-38-65(71-67(61)72-66(60)70-45)55-34-36-59(62(44-55)52-32-30-51(31-33-52)50-11-3-2-4-12-50)58-14-6-5-13-57(58)56-42-48(20-18-46-22-26-53(27-23-46)63-15-7-9-39-68-63)41-49(43-56)21-19-47-24-28-54(29-25-47)64-16-8-10-40-69-64/h2-17,22-44H,18-21H2,1H3/i1D3. The van der Waals surface area contributed by atoms with Gasteiger partial charge in [-0.15, -0.1) is 0 Å². The number of hydrogen-bond acceptors (Lipinski definition) is 5. The number of rotatable bonds is 13. The number of hydrogen-bond donors (Lipinski definition) is 0. The van der Waals surface area contributed by atoms with Gasteiger partial charge in [0.25, 0.3) is 0 Å². The molecule has 12 aromatic rings. The first-order valence-corrected chi connectivity index (χ1v) is 24.5. The summed E-state index contributed by atoms with van der Waals surface area (Å²) in [5, 5.41) is 1.50. The summed E-state index contributed by atoms with van der Waals surface area (Å²) in [5.41, 5.74) is 20.6. The molecule has 0 aliphatic heterocycles. The van der Waals surface area contributed by atoms with Gasteiger partial charge in [0.15, 0.2) is 0 Å². The van der Waals surface area contributed by atoms with Crippen molar-refractivity contribution in [2.45, 2.75) is 32.5 Å². The third kappa shape index (κ3) is 9.36. The molecule has 0 unspecified atom stereocenters. The fraction of sp³-hybridized carbons (Fsp3) is 0.0746. The Bertz CT molecular complexity index is 3850. The van der Waals surface area contributed by atoms with Crippen LogP contribution in [0.1, 0.15) is 32.1 Å².